The largest absolute Gasteiger partial charge is 0.573 e. The first-order valence-corrected chi connectivity index (χ1v) is 12.3. The van der Waals surface area contributed by atoms with E-state index in [1.54, 1.807) is 11.6 Å². The van der Waals surface area contributed by atoms with Crippen molar-refractivity contribution in [3.63, 3.8) is 0 Å². The van der Waals surface area contributed by atoms with Crippen LogP contribution in [0.2, 0.25) is 0 Å². The first kappa shape index (κ1) is 24.5. The number of halogens is 3. The Balaban J connectivity index is 1.38. The molecule has 1 aromatic carbocycles. The first-order chi connectivity index (χ1) is 17.2. The van der Waals surface area contributed by atoms with Gasteiger partial charge >= 0.3 is 12.5 Å². The minimum Gasteiger partial charge on any atom is -0.410 e. The third-order valence-electron chi connectivity index (χ3n) is 6.30. The summed E-state index contributed by atoms with van der Waals surface area (Å²) in [4.78, 5) is 37.2. The SMILES string of the molecule is Cn1c(C2CCOCC2)nc2sc([C@H]3CCCN3C(=O)Oc3cccc(OC(F)(F)F)c3)nc2c1=O. The number of nitrogens with zero attached hydrogens (tertiary/aromatic N) is 4. The summed E-state index contributed by atoms with van der Waals surface area (Å²) in [5.74, 6) is 0.267. The fourth-order valence-corrected chi connectivity index (χ4v) is 5.67. The number of carbonyl (C=O) groups is 1. The lowest BCUT2D eigenvalue weighted by Crippen LogP contribution is -2.33. The molecule has 0 bridgehead atoms. The van der Waals surface area contributed by atoms with Gasteiger partial charge in [0, 0.05) is 38.8 Å². The van der Waals surface area contributed by atoms with Crippen LogP contribution in [-0.4, -0.2) is 51.6 Å². The summed E-state index contributed by atoms with van der Waals surface area (Å²) in [5, 5.41) is 0.572. The van der Waals surface area contributed by atoms with Crippen molar-refractivity contribution < 1.29 is 32.2 Å². The molecular formula is C23H23F3N4O5S. The highest BCUT2D eigenvalue weighted by Crippen LogP contribution is 2.37. The highest BCUT2D eigenvalue weighted by atomic mass is 32.1. The average Bonchev–Trinajstić information content (AvgIpc) is 3.48. The third kappa shape index (κ3) is 5.03. The summed E-state index contributed by atoms with van der Waals surface area (Å²) in [6.07, 6.45) is -2.70. The molecule has 4 heterocycles. The minimum absolute atomic E-state index is 0.0756. The number of aromatic nitrogens is 3. The van der Waals surface area contributed by atoms with Gasteiger partial charge in [-0.05, 0) is 37.8 Å². The molecule has 1 amide bonds. The van der Waals surface area contributed by atoms with E-state index < -0.39 is 24.2 Å². The average molecular weight is 525 g/mol. The van der Waals surface area contributed by atoms with E-state index in [2.05, 4.69) is 9.72 Å². The van der Waals surface area contributed by atoms with E-state index in [9.17, 15) is 22.8 Å². The van der Waals surface area contributed by atoms with Gasteiger partial charge in [-0.3, -0.25) is 14.3 Å². The van der Waals surface area contributed by atoms with E-state index in [0.717, 1.165) is 25.0 Å². The van der Waals surface area contributed by atoms with Crippen LogP contribution in [0.25, 0.3) is 10.3 Å². The zero-order valence-electron chi connectivity index (χ0n) is 19.3. The van der Waals surface area contributed by atoms with E-state index in [-0.39, 0.29) is 22.7 Å². The van der Waals surface area contributed by atoms with Crippen molar-refractivity contribution in [1.29, 1.82) is 0 Å². The third-order valence-corrected chi connectivity index (χ3v) is 7.35. The molecule has 0 spiro atoms. The number of rotatable bonds is 4. The van der Waals surface area contributed by atoms with Crippen molar-refractivity contribution in [2.75, 3.05) is 19.8 Å². The van der Waals surface area contributed by atoms with Crippen LogP contribution < -0.4 is 15.0 Å². The molecule has 2 fully saturated rings. The monoisotopic (exact) mass is 524 g/mol. The summed E-state index contributed by atoms with van der Waals surface area (Å²) >= 11 is 1.27. The van der Waals surface area contributed by atoms with Gasteiger partial charge in [0.05, 0.1) is 6.04 Å². The Morgan fingerprint density at radius 1 is 1.17 bits per heavy atom. The van der Waals surface area contributed by atoms with Gasteiger partial charge in [0.15, 0.2) is 10.3 Å². The van der Waals surface area contributed by atoms with E-state index >= 15 is 0 Å². The van der Waals surface area contributed by atoms with Gasteiger partial charge in [-0.25, -0.2) is 14.8 Å². The summed E-state index contributed by atoms with van der Waals surface area (Å²) in [5.41, 5.74) is 0.0168. The maximum absolute atomic E-state index is 13.0. The number of amides is 1. The van der Waals surface area contributed by atoms with Gasteiger partial charge < -0.3 is 14.2 Å². The number of hydrogen-bond acceptors (Lipinski definition) is 8. The minimum atomic E-state index is -4.86. The highest BCUT2D eigenvalue weighted by Gasteiger charge is 2.35. The van der Waals surface area contributed by atoms with Crippen molar-refractivity contribution in [2.24, 2.45) is 7.05 Å². The highest BCUT2D eigenvalue weighted by molar-refractivity contribution is 7.18. The number of ether oxygens (including phenoxy) is 3. The quantitative estimate of drug-likeness (QED) is 0.495. The predicted molar refractivity (Wildman–Crippen MR) is 123 cm³/mol. The van der Waals surface area contributed by atoms with E-state index in [1.807, 2.05) is 0 Å². The molecule has 2 aliphatic heterocycles. The van der Waals surface area contributed by atoms with Crippen LogP contribution in [0, 0.1) is 0 Å². The molecule has 13 heteroatoms. The first-order valence-electron chi connectivity index (χ1n) is 11.5. The maximum atomic E-state index is 13.0. The predicted octanol–water partition coefficient (Wildman–Crippen LogP) is 4.52. The molecular weight excluding hydrogens is 501 g/mol. The van der Waals surface area contributed by atoms with Crippen LogP contribution in [0.4, 0.5) is 18.0 Å². The van der Waals surface area contributed by atoms with Crippen LogP contribution in [-0.2, 0) is 11.8 Å². The second-order valence-corrected chi connectivity index (χ2v) is 9.68. The second-order valence-electron chi connectivity index (χ2n) is 8.67. The zero-order chi connectivity index (χ0) is 25.4. The number of thiazole rings is 1. The fraction of sp³-hybridized carbons (Fsp3) is 0.478. The Morgan fingerprint density at radius 3 is 2.67 bits per heavy atom. The van der Waals surface area contributed by atoms with E-state index in [4.69, 9.17) is 14.5 Å². The molecule has 0 radical (unpaired) electrons. The van der Waals surface area contributed by atoms with Gasteiger partial charge in [-0.2, -0.15) is 0 Å². The molecule has 5 rings (SSSR count). The Labute approximate surface area is 207 Å². The number of hydrogen-bond donors (Lipinski definition) is 0. The van der Waals surface area contributed by atoms with Crippen molar-refractivity contribution >= 4 is 27.8 Å². The number of benzene rings is 1. The maximum Gasteiger partial charge on any atom is 0.573 e. The fourth-order valence-electron chi connectivity index (χ4n) is 4.58. The summed E-state index contributed by atoms with van der Waals surface area (Å²) < 4.78 is 53.7. The Bertz CT molecular complexity index is 1340. The van der Waals surface area contributed by atoms with Crippen LogP contribution in [0.15, 0.2) is 29.1 Å². The van der Waals surface area contributed by atoms with Gasteiger partial charge in [0.2, 0.25) is 0 Å². The lowest BCUT2D eigenvalue weighted by atomic mass is 9.99. The van der Waals surface area contributed by atoms with Crippen LogP contribution >= 0.6 is 11.3 Å². The summed E-state index contributed by atoms with van der Waals surface area (Å²) in [7, 11) is 1.69. The lowest BCUT2D eigenvalue weighted by Gasteiger charge is -2.22. The molecule has 0 saturated carbocycles. The molecule has 36 heavy (non-hydrogen) atoms. The Hall–Kier alpha value is -3.19. The molecule has 2 aliphatic rings. The summed E-state index contributed by atoms with van der Waals surface area (Å²) in [6.45, 7) is 1.63. The second kappa shape index (κ2) is 9.69. The molecule has 1 atom stereocenters. The summed E-state index contributed by atoms with van der Waals surface area (Å²) in [6, 6.07) is 4.36. The van der Waals surface area contributed by atoms with Crippen molar-refractivity contribution in [3.8, 4) is 11.5 Å². The number of fused-ring (bicyclic) bond motifs is 1. The van der Waals surface area contributed by atoms with E-state index in [0.29, 0.717) is 48.3 Å². The van der Waals surface area contributed by atoms with E-state index in [1.165, 1.54) is 28.4 Å². The molecule has 0 N–H and O–H groups in total. The Morgan fingerprint density at radius 2 is 1.92 bits per heavy atom. The molecule has 3 aromatic rings. The van der Waals surface area contributed by atoms with Gasteiger partial charge in [0.1, 0.15) is 22.3 Å². The smallest absolute Gasteiger partial charge is 0.410 e. The Kier molecular flexibility index (Phi) is 6.60. The molecule has 2 saturated heterocycles. The van der Waals surface area contributed by atoms with Gasteiger partial charge in [-0.1, -0.05) is 17.4 Å². The van der Waals surface area contributed by atoms with Gasteiger partial charge in [0.25, 0.3) is 5.56 Å². The van der Waals surface area contributed by atoms with Crippen molar-refractivity contribution in [2.45, 2.75) is 44.0 Å². The molecule has 192 valence electrons. The van der Waals surface area contributed by atoms with Crippen LogP contribution in [0.1, 0.15) is 48.5 Å². The number of likely N-dealkylation sites (tertiary alicyclic amines) is 1. The number of alkyl halides is 3. The van der Waals surface area contributed by atoms with Crippen LogP contribution in [0.5, 0.6) is 11.5 Å². The molecule has 0 aliphatic carbocycles. The normalized spacial score (nSPS) is 19.1. The van der Waals surface area contributed by atoms with Gasteiger partial charge in [-0.15, -0.1) is 13.2 Å². The van der Waals surface area contributed by atoms with Crippen molar-refractivity contribution in [1.82, 2.24) is 19.4 Å². The topological polar surface area (TPSA) is 95.8 Å². The van der Waals surface area contributed by atoms with Crippen LogP contribution in [0.3, 0.4) is 0 Å². The van der Waals surface area contributed by atoms with Crippen molar-refractivity contribution in [3.05, 3.63) is 45.5 Å². The number of carbonyl (C=O) groups excluding carboxylic acids is 1. The zero-order valence-corrected chi connectivity index (χ0v) is 20.1. The molecule has 2 aromatic heterocycles. The standard InChI is InChI=1S/C23H23F3N4O5S/c1-29-18(13-7-10-33-11-8-13)28-20-17(21(29)31)27-19(36-20)16-6-3-9-30(16)22(32)34-14-4-2-5-15(12-14)35-23(24,25)26/h2,4-5,12-13,16H,3,6-11H2,1H3/t16-/m1/s1. The molecule has 0 unspecified atom stereocenters. The molecule has 9 nitrogen and oxygen atoms in total. The lowest BCUT2D eigenvalue weighted by molar-refractivity contribution is -0.274.